The van der Waals surface area contributed by atoms with E-state index in [-0.39, 0.29) is 23.3 Å². The standard InChI is InChI=1S/C13H14BrN3O2S/c1-7(15-2)10-6-20-13(16-10)17-12(19)9-4-3-8(14)5-11(9)18/h3-7,15,18H,1-2H3,(H,16,17,19). The number of phenolic OH excluding ortho intramolecular Hbond substituents is 1. The van der Waals surface area contributed by atoms with Gasteiger partial charge in [-0.25, -0.2) is 4.98 Å². The first kappa shape index (κ1) is 15.0. The number of nitrogens with zero attached hydrogens (tertiary/aromatic N) is 1. The molecule has 5 nitrogen and oxygen atoms in total. The zero-order valence-electron chi connectivity index (χ0n) is 11.0. The Balaban J connectivity index is 2.13. The summed E-state index contributed by atoms with van der Waals surface area (Å²) in [4.78, 5) is 16.4. The van der Waals surface area contributed by atoms with Crippen molar-refractivity contribution in [2.75, 3.05) is 12.4 Å². The summed E-state index contributed by atoms with van der Waals surface area (Å²) >= 11 is 4.58. The van der Waals surface area contributed by atoms with Gasteiger partial charge in [0.25, 0.3) is 5.91 Å². The molecule has 1 amide bonds. The predicted molar refractivity (Wildman–Crippen MR) is 83.3 cm³/mol. The first-order chi connectivity index (χ1) is 9.51. The van der Waals surface area contributed by atoms with Crippen molar-refractivity contribution in [3.63, 3.8) is 0 Å². The summed E-state index contributed by atoms with van der Waals surface area (Å²) in [6.45, 7) is 1.99. The third kappa shape index (κ3) is 3.36. The highest BCUT2D eigenvalue weighted by molar-refractivity contribution is 9.10. The van der Waals surface area contributed by atoms with Gasteiger partial charge in [0.2, 0.25) is 0 Å². The lowest BCUT2D eigenvalue weighted by Crippen LogP contribution is -2.14. The molecule has 0 fully saturated rings. The summed E-state index contributed by atoms with van der Waals surface area (Å²) in [5.74, 6) is -0.453. The Morgan fingerprint density at radius 2 is 2.25 bits per heavy atom. The molecule has 0 spiro atoms. The molecule has 2 rings (SSSR count). The van der Waals surface area contributed by atoms with Crippen LogP contribution in [0.5, 0.6) is 5.75 Å². The Hall–Kier alpha value is -1.44. The number of hydrogen-bond acceptors (Lipinski definition) is 5. The van der Waals surface area contributed by atoms with Crippen molar-refractivity contribution in [3.8, 4) is 5.75 Å². The quantitative estimate of drug-likeness (QED) is 0.787. The van der Waals surface area contributed by atoms with Crippen LogP contribution < -0.4 is 10.6 Å². The fourth-order valence-electron chi connectivity index (χ4n) is 1.55. The Morgan fingerprint density at radius 3 is 2.90 bits per heavy atom. The third-order valence-electron chi connectivity index (χ3n) is 2.82. The number of phenols is 1. The van der Waals surface area contributed by atoms with Crippen molar-refractivity contribution >= 4 is 38.3 Å². The van der Waals surface area contributed by atoms with Gasteiger partial charge in [-0.3, -0.25) is 10.1 Å². The van der Waals surface area contributed by atoms with Crippen molar-refractivity contribution in [3.05, 3.63) is 39.3 Å². The maximum atomic E-state index is 12.1. The molecule has 106 valence electrons. The second kappa shape index (κ2) is 6.34. The van der Waals surface area contributed by atoms with Gasteiger partial charge in [-0.15, -0.1) is 11.3 Å². The van der Waals surface area contributed by atoms with Gasteiger partial charge < -0.3 is 10.4 Å². The van der Waals surface area contributed by atoms with Crippen LogP contribution in [0.2, 0.25) is 0 Å². The van der Waals surface area contributed by atoms with Gasteiger partial charge in [0.05, 0.1) is 11.3 Å². The van der Waals surface area contributed by atoms with E-state index in [4.69, 9.17) is 0 Å². The van der Waals surface area contributed by atoms with Crippen LogP contribution in [0.4, 0.5) is 5.13 Å². The number of hydrogen-bond donors (Lipinski definition) is 3. The highest BCUT2D eigenvalue weighted by Gasteiger charge is 2.14. The first-order valence-corrected chi connectivity index (χ1v) is 7.61. The largest absolute Gasteiger partial charge is 0.507 e. The first-order valence-electron chi connectivity index (χ1n) is 5.94. The smallest absolute Gasteiger partial charge is 0.261 e. The van der Waals surface area contributed by atoms with Crippen LogP contribution in [0.1, 0.15) is 29.0 Å². The number of aromatic hydroxyl groups is 1. The second-order valence-corrected chi connectivity index (χ2v) is 5.98. The third-order valence-corrected chi connectivity index (χ3v) is 4.09. The van der Waals surface area contributed by atoms with Crippen LogP contribution >= 0.6 is 27.3 Å². The van der Waals surface area contributed by atoms with Crippen molar-refractivity contribution < 1.29 is 9.90 Å². The number of anilines is 1. The van der Waals surface area contributed by atoms with Crippen LogP contribution in [0.15, 0.2) is 28.1 Å². The van der Waals surface area contributed by atoms with E-state index < -0.39 is 0 Å². The molecule has 1 aromatic carbocycles. The van der Waals surface area contributed by atoms with Crippen molar-refractivity contribution in [2.24, 2.45) is 0 Å². The van der Waals surface area contributed by atoms with E-state index in [1.165, 1.54) is 17.4 Å². The number of nitrogens with one attached hydrogen (secondary N) is 2. The number of aromatic nitrogens is 1. The molecule has 0 aliphatic carbocycles. The Bertz CT molecular complexity index is 630. The van der Waals surface area contributed by atoms with Crippen LogP contribution in [0.3, 0.4) is 0 Å². The summed E-state index contributed by atoms with van der Waals surface area (Å²) in [6, 6.07) is 4.86. The molecule has 20 heavy (non-hydrogen) atoms. The topological polar surface area (TPSA) is 74.2 Å². The van der Waals surface area contributed by atoms with Gasteiger partial charge >= 0.3 is 0 Å². The second-order valence-electron chi connectivity index (χ2n) is 4.20. The van der Waals surface area contributed by atoms with Gasteiger partial charge in [0.1, 0.15) is 5.75 Å². The van der Waals surface area contributed by atoms with E-state index in [0.717, 1.165) is 5.69 Å². The van der Waals surface area contributed by atoms with Gasteiger partial charge in [-0.05, 0) is 32.2 Å². The molecule has 0 saturated heterocycles. The van der Waals surface area contributed by atoms with Crippen molar-refractivity contribution in [1.82, 2.24) is 10.3 Å². The van der Waals surface area contributed by atoms with Gasteiger partial charge in [0.15, 0.2) is 5.13 Å². The summed E-state index contributed by atoms with van der Waals surface area (Å²) in [7, 11) is 1.85. The van der Waals surface area contributed by atoms with Crippen LogP contribution in [0, 0.1) is 0 Å². The van der Waals surface area contributed by atoms with Crippen LogP contribution in [0.25, 0.3) is 0 Å². The molecule has 1 aromatic heterocycles. The van der Waals surface area contributed by atoms with Gasteiger partial charge in [-0.2, -0.15) is 0 Å². The van der Waals surface area contributed by atoms with E-state index in [1.54, 1.807) is 12.1 Å². The number of thiazole rings is 1. The molecule has 0 saturated carbocycles. The number of benzene rings is 1. The molecule has 7 heteroatoms. The lowest BCUT2D eigenvalue weighted by Gasteiger charge is -2.06. The summed E-state index contributed by atoms with van der Waals surface area (Å²) in [5.41, 5.74) is 1.08. The minimum atomic E-state index is -0.381. The minimum absolute atomic E-state index is 0.0720. The average molecular weight is 356 g/mol. The number of carbonyl (C=O) groups is 1. The number of carbonyl (C=O) groups excluding carboxylic acids is 1. The molecule has 0 aliphatic rings. The predicted octanol–water partition coefficient (Wildman–Crippen LogP) is 3.14. The molecule has 1 heterocycles. The normalized spacial score (nSPS) is 12.2. The van der Waals surface area contributed by atoms with E-state index in [1.807, 2.05) is 19.4 Å². The van der Waals surface area contributed by atoms with E-state index in [2.05, 4.69) is 31.5 Å². The fourth-order valence-corrected chi connectivity index (χ4v) is 2.70. The Morgan fingerprint density at radius 1 is 1.50 bits per heavy atom. The molecule has 2 aromatic rings. The zero-order valence-corrected chi connectivity index (χ0v) is 13.4. The van der Waals surface area contributed by atoms with E-state index >= 15 is 0 Å². The molecular formula is C13H14BrN3O2S. The number of halogens is 1. The lowest BCUT2D eigenvalue weighted by atomic mass is 10.2. The van der Waals surface area contributed by atoms with Gasteiger partial charge in [0, 0.05) is 15.9 Å². The highest BCUT2D eigenvalue weighted by atomic mass is 79.9. The minimum Gasteiger partial charge on any atom is -0.507 e. The lowest BCUT2D eigenvalue weighted by molar-refractivity contribution is 0.102. The number of rotatable bonds is 4. The molecule has 1 unspecified atom stereocenters. The van der Waals surface area contributed by atoms with Crippen LogP contribution in [-0.2, 0) is 0 Å². The fraction of sp³-hybridized carbons (Fsp3) is 0.231. The monoisotopic (exact) mass is 355 g/mol. The zero-order chi connectivity index (χ0) is 14.7. The molecule has 3 N–H and O–H groups in total. The van der Waals surface area contributed by atoms with Crippen molar-refractivity contribution in [2.45, 2.75) is 13.0 Å². The molecule has 0 bridgehead atoms. The van der Waals surface area contributed by atoms with Gasteiger partial charge in [-0.1, -0.05) is 15.9 Å². The maximum Gasteiger partial charge on any atom is 0.261 e. The SMILES string of the molecule is CNC(C)c1csc(NC(=O)c2ccc(Br)cc2O)n1. The molecule has 0 radical (unpaired) electrons. The summed E-state index contributed by atoms with van der Waals surface area (Å²) in [5, 5.41) is 17.9. The summed E-state index contributed by atoms with van der Waals surface area (Å²) < 4.78 is 0.714. The highest BCUT2D eigenvalue weighted by Crippen LogP contribution is 2.25. The average Bonchev–Trinajstić information content (AvgIpc) is 2.86. The summed E-state index contributed by atoms with van der Waals surface area (Å²) in [6.07, 6.45) is 0. The Labute approximate surface area is 129 Å². The van der Waals surface area contributed by atoms with Crippen LogP contribution in [-0.4, -0.2) is 23.0 Å². The number of amides is 1. The maximum absolute atomic E-state index is 12.1. The Kier molecular flexibility index (Phi) is 4.74. The molecule has 0 aliphatic heterocycles. The van der Waals surface area contributed by atoms with E-state index in [9.17, 15) is 9.90 Å². The molecular weight excluding hydrogens is 342 g/mol. The van der Waals surface area contributed by atoms with E-state index in [0.29, 0.717) is 9.60 Å². The molecule has 1 atom stereocenters. The van der Waals surface area contributed by atoms with Crippen molar-refractivity contribution in [1.29, 1.82) is 0 Å².